The highest BCUT2D eigenvalue weighted by Gasteiger charge is 2.54. The number of phosphoric ester groups is 2. The molecule has 0 saturated carbocycles. The van der Waals surface area contributed by atoms with Gasteiger partial charge in [-0.3, -0.25) is 61.1 Å². The van der Waals surface area contributed by atoms with Gasteiger partial charge in [0.05, 0.1) is 85.1 Å². The number of rotatable bonds is 21. The number of phosphoric acid groups is 2. The maximum absolute atomic E-state index is 13.5. The van der Waals surface area contributed by atoms with E-state index in [4.69, 9.17) is 52.2 Å². The van der Waals surface area contributed by atoms with Gasteiger partial charge in [0, 0.05) is 31.7 Å². The third-order valence-electron chi connectivity index (χ3n) is 11.2. The van der Waals surface area contributed by atoms with Gasteiger partial charge < -0.3 is 64.8 Å². The van der Waals surface area contributed by atoms with Crippen molar-refractivity contribution in [3.8, 4) is 0 Å². The van der Waals surface area contributed by atoms with E-state index in [1.807, 2.05) is 0 Å². The Hall–Kier alpha value is -5.58. The Labute approximate surface area is 410 Å². The number of nitrogens with two attached hydrogens (primary N) is 1. The van der Waals surface area contributed by atoms with Crippen molar-refractivity contribution in [3.05, 3.63) is 41.5 Å². The van der Waals surface area contributed by atoms with E-state index in [0.717, 1.165) is 40.6 Å². The molecule has 398 valence electrons. The number of ether oxygens (including phenoxy) is 6. The van der Waals surface area contributed by atoms with Gasteiger partial charge in [-0.25, -0.2) is 29.1 Å². The molecular formula is C38H50N12O21P2. The number of aliphatic hydroxyl groups excluding tert-OH is 2. The van der Waals surface area contributed by atoms with Crippen LogP contribution < -0.4 is 21.9 Å². The number of hydrogen-bond donors (Lipinski definition) is 8. The van der Waals surface area contributed by atoms with Crippen LogP contribution in [0.25, 0.3) is 22.3 Å². The molecule has 4 aliphatic rings. The first kappa shape index (κ1) is 53.7. The number of nitrogen functional groups attached to an aromatic ring is 1. The van der Waals surface area contributed by atoms with E-state index in [9.17, 15) is 53.1 Å². The van der Waals surface area contributed by atoms with Gasteiger partial charge in [-0.2, -0.15) is 4.98 Å². The lowest BCUT2D eigenvalue weighted by molar-refractivity contribution is -0.137. The van der Waals surface area contributed by atoms with Gasteiger partial charge in [0.25, 0.3) is 17.4 Å². The topological polar surface area (TPSA) is 436 Å². The van der Waals surface area contributed by atoms with Gasteiger partial charge in [0.2, 0.25) is 17.8 Å². The van der Waals surface area contributed by atoms with Crippen LogP contribution >= 0.6 is 15.6 Å². The minimum Gasteiger partial charge on any atom is -0.387 e. The van der Waals surface area contributed by atoms with E-state index in [1.54, 1.807) is 0 Å². The average molecular weight is 1070 g/mol. The van der Waals surface area contributed by atoms with Crippen LogP contribution in [0.15, 0.2) is 35.9 Å². The monoisotopic (exact) mass is 1070 g/mol. The van der Waals surface area contributed by atoms with E-state index in [2.05, 4.69) is 40.5 Å². The molecule has 8 heterocycles. The molecule has 10 unspecified atom stereocenters. The number of hydrogen-bond acceptors (Lipinski definition) is 25. The first-order valence-electron chi connectivity index (χ1n) is 22.3. The van der Waals surface area contributed by atoms with Gasteiger partial charge in [-0.05, 0) is 0 Å². The second-order valence-corrected chi connectivity index (χ2v) is 18.9. The zero-order valence-electron chi connectivity index (χ0n) is 38.2. The molecule has 3 fully saturated rings. The van der Waals surface area contributed by atoms with Crippen LogP contribution in [0, 0.1) is 0 Å². The number of fused-ring (bicyclic) bond motifs is 5. The van der Waals surface area contributed by atoms with E-state index in [-0.39, 0.29) is 119 Å². The molecule has 0 spiro atoms. The summed E-state index contributed by atoms with van der Waals surface area (Å²) in [6.07, 6.45) is -7.87. The predicted octanol–water partition coefficient (Wildman–Crippen LogP) is -3.10. The largest absolute Gasteiger partial charge is 0.472 e. The molecule has 2 bridgehead atoms. The van der Waals surface area contributed by atoms with Crippen molar-refractivity contribution in [2.24, 2.45) is 0 Å². The number of aliphatic hydroxyl groups is 2. The van der Waals surface area contributed by atoms with Gasteiger partial charge >= 0.3 is 15.6 Å². The van der Waals surface area contributed by atoms with Crippen LogP contribution in [0.2, 0.25) is 0 Å². The summed E-state index contributed by atoms with van der Waals surface area (Å²) < 4.78 is 83.9. The quantitative estimate of drug-likeness (QED) is 0.0233. The number of nitrogens with one attached hydrogen (secondary N) is 3. The van der Waals surface area contributed by atoms with Crippen molar-refractivity contribution in [1.29, 1.82) is 0 Å². The summed E-state index contributed by atoms with van der Waals surface area (Å²) in [7, 11) is -10.4. The van der Waals surface area contributed by atoms with Gasteiger partial charge in [0.1, 0.15) is 43.0 Å². The van der Waals surface area contributed by atoms with Crippen molar-refractivity contribution < 1.29 is 94.8 Å². The minimum absolute atomic E-state index is 0.000714. The van der Waals surface area contributed by atoms with Gasteiger partial charge in [0.15, 0.2) is 40.6 Å². The SMILES string of the molecule is Nc1nc2c(ncn2C2OC3COP(=O)(O)OC4C(O)C(COP(=O)(O)OC3C2O)OC4n2cnc3c(NC(=O)CCOCCOCCOCCOCCNC(=O)CCN4C(=O)C=CC4=O)ncnc32)c(=O)[nH]1. The molecule has 4 aliphatic heterocycles. The number of aromatic amines is 1. The Bertz CT molecular complexity index is 2810. The van der Waals surface area contributed by atoms with Crippen LogP contribution in [-0.4, -0.2) is 203 Å². The molecule has 35 heteroatoms. The number of aromatic nitrogens is 8. The normalized spacial score (nSPS) is 28.6. The lowest BCUT2D eigenvalue weighted by Crippen LogP contribution is -2.36. The van der Waals surface area contributed by atoms with Crippen LogP contribution in [0.3, 0.4) is 0 Å². The molecule has 8 rings (SSSR count). The summed E-state index contributed by atoms with van der Waals surface area (Å²) >= 11 is 0. The predicted molar refractivity (Wildman–Crippen MR) is 239 cm³/mol. The zero-order valence-corrected chi connectivity index (χ0v) is 40.0. The fourth-order valence-electron chi connectivity index (χ4n) is 7.71. The standard InChI is InChI=1S/C38H50N12O21P2/c39-38-46-34-27(35(57)47-38)44-19-50(34)36-29(56)30-21(69-36)16-67-73(60,61)71-31-28(55)20(15-66-72(58,59)70-30)68-37(31)49-18-43-26-32(41-17-42-33(26)49)45-23(52)4-7-62-9-11-64-13-14-65-12-10-63-8-5-40-22(51)3-6-48-24(53)1-2-25(48)54/h1-2,17-21,28-31,36-37,55-56H,3-16H2,(H,40,51)(H,58,59)(H,60,61)(H3,39,46,47,57)(H,41,42,45,52). The average Bonchev–Trinajstić information content (AvgIpc) is 4.17. The Morgan fingerprint density at radius 2 is 1.32 bits per heavy atom. The van der Waals surface area contributed by atoms with Crippen LogP contribution in [0.1, 0.15) is 25.3 Å². The van der Waals surface area contributed by atoms with Crippen molar-refractivity contribution in [2.45, 2.75) is 61.9 Å². The van der Waals surface area contributed by atoms with Crippen molar-refractivity contribution in [3.63, 3.8) is 0 Å². The highest BCUT2D eigenvalue weighted by Crippen LogP contribution is 2.53. The fourth-order valence-corrected chi connectivity index (χ4v) is 9.60. The first-order chi connectivity index (χ1) is 35.0. The minimum atomic E-state index is -5.23. The summed E-state index contributed by atoms with van der Waals surface area (Å²) in [6, 6.07) is 0. The summed E-state index contributed by atoms with van der Waals surface area (Å²) in [4.78, 5) is 106. The van der Waals surface area contributed by atoms with Crippen LogP contribution in [-0.2, 0) is 74.8 Å². The maximum Gasteiger partial charge on any atom is 0.472 e. The van der Waals surface area contributed by atoms with E-state index in [1.165, 1.54) is 4.57 Å². The molecule has 3 saturated heterocycles. The second kappa shape index (κ2) is 23.7. The zero-order chi connectivity index (χ0) is 51.9. The third kappa shape index (κ3) is 13.2. The lowest BCUT2D eigenvalue weighted by Gasteiger charge is -2.25. The highest BCUT2D eigenvalue weighted by molar-refractivity contribution is 7.47. The summed E-state index contributed by atoms with van der Waals surface area (Å²) in [5.41, 5.74) is 4.66. The maximum atomic E-state index is 13.5. The van der Waals surface area contributed by atoms with Crippen LogP contribution in [0.4, 0.5) is 11.8 Å². The number of anilines is 2. The molecule has 4 aromatic rings. The smallest absolute Gasteiger partial charge is 0.387 e. The lowest BCUT2D eigenvalue weighted by atomic mass is 10.1. The molecule has 10 atom stereocenters. The Kier molecular flexibility index (Phi) is 17.5. The van der Waals surface area contributed by atoms with Crippen molar-refractivity contribution in [2.75, 3.05) is 90.2 Å². The van der Waals surface area contributed by atoms with E-state index in [0.29, 0.717) is 0 Å². The number of carbonyl (C=O) groups is 4. The second-order valence-electron chi connectivity index (χ2n) is 16.1. The summed E-state index contributed by atoms with van der Waals surface area (Å²) in [5.74, 6) is -2.05. The summed E-state index contributed by atoms with van der Waals surface area (Å²) in [6.45, 7) is 0.207. The third-order valence-corrected chi connectivity index (χ3v) is 13.1. The summed E-state index contributed by atoms with van der Waals surface area (Å²) in [5, 5.41) is 27.9. The Balaban J connectivity index is 0.768. The molecule has 0 aromatic carbocycles. The van der Waals surface area contributed by atoms with Crippen LogP contribution in [0.5, 0.6) is 0 Å². The van der Waals surface area contributed by atoms with E-state index < -0.39 is 101 Å². The molecule has 4 amide bonds. The number of imide groups is 1. The molecule has 4 aromatic heterocycles. The number of nitrogens with zero attached hydrogens (tertiary/aromatic N) is 8. The van der Waals surface area contributed by atoms with Gasteiger partial charge in [-0.15, -0.1) is 0 Å². The number of imidazole rings is 2. The molecule has 33 nitrogen and oxygen atoms in total. The Morgan fingerprint density at radius 1 is 0.726 bits per heavy atom. The number of H-pyrrole nitrogens is 1. The molecule has 0 radical (unpaired) electrons. The molecule has 73 heavy (non-hydrogen) atoms. The molecular weight excluding hydrogens is 1020 g/mol. The number of amides is 4. The first-order valence-corrected chi connectivity index (χ1v) is 25.3. The Morgan fingerprint density at radius 3 is 2.00 bits per heavy atom. The van der Waals surface area contributed by atoms with E-state index >= 15 is 0 Å². The number of carbonyl (C=O) groups excluding carboxylic acids is 4. The fraction of sp³-hybridized carbons (Fsp3) is 0.579. The van der Waals surface area contributed by atoms with Crippen molar-refractivity contribution in [1.82, 2.24) is 49.3 Å². The van der Waals surface area contributed by atoms with Gasteiger partial charge in [-0.1, -0.05) is 0 Å². The molecule has 0 aliphatic carbocycles. The van der Waals surface area contributed by atoms with Crippen molar-refractivity contribution >= 4 is 73.4 Å². The highest BCUT2D eigenvalue weighted by atomic mass is 31.2. The molecule has 9 N–H and O–H groups in total.